The lowest BCUT2D eigenvalue weighted by Crippen LogP contribution is -2.30. The molecule has 0 spiro atoms. The topological polar surface area (TPSA) is 115 Å². The third kappa shape index (κ3) is 4.61. The first-order valence-electron chi connectivity index (χ1n) is 8.78. The highest BCUT2D eigenvalue weighted by molar-refractivity contribution is 7.89. The Morgan fingerprint density at radius 2 is 1.97 bits per heavy atom. The number of amides is 1. The van der Waals surface area contributed by atoms with Crippen molar-refractivity contribution < 1.29 is 17.9 Å². The number of carbonyl (C=O) groups is 1. The van der Waals surface area contributed by atoms with E-state index in [1.807, 2.05) is 0 Å². The molecular formula is C19H21N5O4S. The number of methoxy groups -OCH3 is 1. The third-order valence-electron chi connectivity index (χ3n) is 3.86. The molecular weight excluding hydrogens is 394 g/mol. The van der Waals surface area contributed by atoms with Gasteiger partial charge in [-0.3, -0.25) is 4.79 Å². The number of pyridine rings is 1. The maximum atomic E-state index is 12.8. The summed E-state index contributed by atoms with van der Waals surface area (Å²) in [6.45, 7) is 3.42. The fraction of sp³-hybridized carbons (Fsp3) is 0.211. The van der Waals surface area contributed by atoms with Gasteiger partial charge in [0.1, 0.15) is 10.6 Å². The number of aromatic nitrogens is 3. The molecule has 0 aliphatic rings. The normalized spacial score (nSPS) is 11.4. The number of ether oxygens (including phenoxy) is 1. The van der Waals surface area contributed by atoms with E-state index in [1.165, 1.54) is 30.0 Å². The van der Waals surface area contributed by atoms with Crippen LogP contribution in [0.15, 0.2) is 59.9 Å². The van der Waals surface area contributed by atoms with E-state index < -0.39 is 15.9 Å². The van der Waals surface area contributed by atoms with E-state index in [0.717, 1.165) is 0 Å². The molecule has 0 atom stereocenters. The molecule has 1 aromatic carbocycles. The van der Waals surface area contributed by atoms with Crippen LogP contribution < -0.4 is 14.8 Å². The minimum absolute atomic E-state index is 0.111. The molecule has 152 valence electrons. The number of benzene rings is 1. The molecule has 3 aromatic rings. The highest BCUT2D eigenvalue weighted by atomic mass is 32.2. The lowest BCUT2D eigenvalue weighted by Gasteiger charge is -2.14. The molecule has 29 heavy (non-hydrogen) atoms. The molecule has 0 bridgehead atoms. The number of carbonyl (C=O) groups excluding carboxylic acids is 1. The Kier molecular flexibility index (Phi) is 5.95. The average molecular weight is 415 g/mol. The predicted octanol–water partition coefficient (Wildman–Crippen LogP) is 2.21. The predicted molar refractivity (Wildman–Crippen MR) is 108 cm³/mol. The van der Waals surface area contributed by atoms with E-state index in [1.54, 1.807) is 50.6 Å². The fourth-order valence-corrected chi connectivity index (χ4v) is 4.11. The van der Waals surface area contributed by atoms with Crippen molar-refractivity contribution in [2.75, 3.05) is 12.4 Å². The first-order chi connectivity index (χ1) is 13.8. The van der Waals surface area contributed by atoms with Crippen LogP contribution in [0, 0.1) is 0 Å². The van der Waals surface area contributed by atoms with Crippen LogP contribution in [0.1, 0.15) is 24.2 Å². The largest absolute Gasteiger partial charge is 0.495 e. The van der Waals surface area contributed by atoms with Gasteiger partial charge < -0.3 is 10.1 Å². The first kappa shape index (κ1) is 20.5. The van der Waals surface area contributed by atoms with Crippen molar-refractivity contribution in [1.82, 2.24) is 19.5 Å². The molecule has 0 fully saturated rings. The monoisotopic (exact) mass is 415 g/mol. The van der Waals surface area contributed by atoms with Gasteiger partial charge in [-0.1, -0.05) is 0 Å². The van der Waals surface area contributed by atoms with E-state index in [4.69, 9.17) is 4.74 Å². The van der Waals surface area contributed by atoms with Gasteiger partial charge in [0, 0.05) is 30.2 Å². The number of nitrogens with zero attached hydrogens (tertiary/aromatic N) is 3. The first-order valence-corrected chi connectivity index (χ1v) is 10.3. The molecule has 3 rings (SSSR count). The molecule has 10 heteroatoms. The van der Waals surface area contributed by atoms with Gasteiger partial charge in [-0.25, -0.2) is 22.8 Å². The maximum absolute atomic E-state index is 12.8. The quantitative estimate of drug-likeness (QED) is 0.611. The number of rotatable bonds is 7. The van der Waals surface area contributed by atoms with E-state index in [-0.39, 0.29) is 22.3 Å². The Morgan fingerprint density at radius 1 is 1.17 bits per heavy atom. The summed E-state index contributed by atoms with van der Waals surface area (Å²) in [5.74, 6) is 0.0945. The van der Waals surface area contributed by atoms with Crippen LogP contribution in [-0.2, 0) is 10.0 Å². The van der Waals surface area contributed by atoms with Crippen LogP contribution in [0.5, 0.6) is 5.75 Å². The second-order valence-electron chi connectivity index (χ2n) is 6.42. The molecule has 2 aromatic heterocycles. The van der Waals surface area contributed by atoms with Gasteiger partial charge in [0.15, 0.2) is 5.82 Å². The van der Waals surface area contributed by atoms with Crippen LogP contribution in [0.25, 0.3) is 5.82 Å². The van der Waals surface area contributed by atoms with Crippen LogP contribution in [0.4, 0.5) is 5.69 Å². The standard InChI is InChI=1S/C19H21N5O4S/c1-13(2)23-29(26,27)17-12-14(7-8-16(17)28-3)19(25)22-15-6-4-9-20-18(15)24-11-5-10-21-24/h4-13,23H,1-3H3,(H,22,25). The van der Waals surface area contributed by atoms with Gasteiger partial charge in [0.05, 0.1) is 12.8 Å². The Balaban J connectivity index is 1.95. The summed E-state index contributed by atoms with van der Waals surface area (Å²) in [6.07, 6.45) is 4.89. The summed E-state index contributed by atoms with van der Waals surface area (Å²) in [4.78, 5) is 16.9. The SMILES string of the molecule is COc1ccc(C(=O)Nc2cccnc2-n2cccn2)cc1S(=O)(=O)NC(C)C. The van der Waals surface area contributed by atoms with Crippen molar-refractivity contribution in [3.63, 3.8) is 0 Å². The van der Waals surface area contributed by atoms with E-state index in [0.29, 0.717) is 11.5 Å². The van der Waals surface area contributed by atoms with E-state index in [9.17, 15) is 13.2 Å². The van der Waals surface area contributed by atoms with E-state index in [2.05, 4.69) is 20.1 Å². The average Bonchev–Trinajstić information content (AvgIpc) is 3.21. The number of hydrogen-bond acceptors (Lipinski definition) is 6. The van der Waals surface area contributed by atoms with Crippen molar-refractivity contribution in [2.45, 2.75) is 24.8 Å². The summed E-state index contributed by atoms with van der Waals surface area (Å²) in [5.41, 5.74) is 0.590. The lowest BCUT2D eigenvalue weighted by molar-refractivity contribution is 0.102. The Morgan fingerprint density at radius 3 is 2.62 bits per heavy atom. The van der Waals surface area contributed by atoms with Crippen molar-refractivity contribution in [3.8, 4) is 11.6 Å². The van der Waals surface area contributed by atoms with Crippen molar-refractivity contribution in [3.05, 3.63) is 60.6 Å². The summed E-state index contributed by atoms with van der Waals surface area (Å²) in [6, 6.07) is 9.01. The van der Waals surface area contributed by atoms with Crippen LogP contribution in [0.3, 0.4) is 0 Å². The molecule has 0 radical (unpaired) electrons. The molecule has 9 nitrogen and oxygen atoms in total. The highest BCUT2D eigenvalue weighted by Gasteiger charge is 2.23. The van der Waals surface area contributed by atoms with Crippen LogP contribution >= 0.6 is 0 Å². The second-order valence-corrected chi connectivity index (χ2v) is 8.10. The van der Waals surface area contributed by atoms with Crippen molar-refractivity contribution in [1.29, 1.82) is 0 Å². The number of anilines is 1. The lowest BCUT2D eigenvalue weighted by atomic mass is 10.2. The number of nitrogens with one attached hydrogen (secondary N) is 2. The van der Waals surface area contributed by atoms with Crippen LogP contribution in [-0.4, -0.2) is 42.2 Å². The summed E-state index contributed by atoms with van der Waals surface area (Å²) in [7, 11) is -2.49. The Bertz CT molecular complexity index is 1110. The molecule has 2 N–H and O–H groups in total. The van der Waals surface area contributed by atoms with Gasteiger partial charge in [-0.15, -0.1) is 0 Å². The number of hydrogen-bond donors (Lipinski definition) is 2. The summed E-state index contributed by atoms with van der Waals surface area (Å²) in [5, 5.41) is 6.88. The van der Waals surface area contributed by atoms with Gasteiger partial charge in [-0.05, 0) is 50.2 Å². The zero-order valence-electron chi connectivity index (χ0n) is 16.2. The minimum atomic E-state index is -3.86. The second kappa shape index (κ2) is 8.41. The van der Waals surface area contributed by atoms with E-state index >= 15 is 0 Å². The molecule has 0 saturated heterocycles. The highest BCUT2D eigenvalue weighted by Crippen LogP contribution is 2.26. The molecule has 0 aliphatic heterocycles. The Hall–Kier alpha value is -3.24. The van der Waals surface area contributed by atoms with Crippen molar-refractivity contribution in [2.24, 2.45) is 0 Å². The summed E-state index contributed by atoms with van der Waals surface area (Å²) < 4.78 is 34.4. The van der Waals surface area contributed by atoms with Gasteiger partial charge >= 0.3 is 0 Å². The fourth-order valence-electron chi connectivity index (χ4n) is 2.67. The van der Waals surface area contributed by atoms with Crippen molar-refractivity contribution >= 4 is 21.6 Å². The number of sulfonamides is 1. The maximum Gasteiger partial charge on any atom is 0.255 e. The van der Waals surface area contributed by atoms with Crippen LogP contribution in [0.2, 0.25) is 0 Å². The minimum Gasteiger partial charge on any atom is -0.495 e. The van der Waals surface area contributed by atoms with Gasteiger partial charge in [-0.2, -0.15) is 5.10 Å². The smallest absolute Gasteiger partial charge is 0.255 e. The third-order valence-corrected chi connectivity index (χ3v) is 5.54. The molecule has 0 saturated carbocycles. The van der Waals surface area contributed by atoms with Gasteiger partial charge in [0.25, 0.3) is 5.91 Å². The zero-order chi connectivity index (χ0) is 21.0. The molecule has 0 unspecified atom stereocenters. The Labute approximate surface area is 168 Å². The zero-order valence-corrected chi connectivity index (χ0v) is 17.0. The molecule has 0 aliphatic carbocycles. The molecule has 2 heterocycles. The molecule has 1 amide bonds. The summed E-state index contributed by atoms with van der Waals surface area (Å²) >= 11 is 0. The van der Waals surface area contributed by atoms with Gasteiger partial charge in [0.2, 0.25) is 10.0 Å².